The first-order chi connectivity index (χ1) is 17.6. The molecule has 0 aliphatic heterocycles. The van der Waals surface area contributed by atoms with Crippen LogP contribution in [0.5, 0.6) is 5.75 Å². The summed E-state index contributed by atoms with van der Waals surface area (Å²) in [5.74, 6) is 0.821. The van der Waals surface area contributed by atoms with E-state index >= 15 is 0 Å². The van der Waals surface area contributed by atoms with Crippen LogP contribution in [0.25, 0.3) is 32.8 Å². The van der Waals surface area contributed by atoms with Gasteiger partial charge in [0.2, 0.25) is 5.55 Å². The Hall–Kier alpha value is -3.42. The van der Waals surface area contributed by atoms with E-state index in [0.717, 1.165) is 67.5 Å². The van der Waals surface area contributed by atoms with E-state index in [2.05, 4.69) is 64.3 Å². The number of benzene rings is 3. The molecule has 0 amide bonds. The molecule has 0 fully saturated rings. The maximum atomic E-state index is 6.45. The molecule has 0 bridgehead atoms. The SMILES string of the molecule is CCN(CC)c1ccc2cc(-c3nc(-c4ccc(OC)cc4)cs3)c(=Nc3ccc(Br)cc3)oc2c1. The number of methoxy groups -OCH3 is 1. The monoisotopic (exact) mass is 559 g/mol. The first-order valence-electron chi connectivity index (χ1n) is 11.8. The van der Waals surface area contributed by atoms with Crippen LogP contribution in [0.4, 0.5) is 11.4 Å². The molecule has 0 radical (unpaired) electrons. The molecule has 5 rings (SSSR count). The Kier molecular flexibility index (Phi) is 7.20. The standard InChI is InChI=1S/C29H26BrN3O2S/c1-4-33(5-2)23-13-6-20-16-25(28(35-27(20)17-23)31-22-11-9-21(30)10-12-22)29-32-26(18-36-29)19-7-14-24(34-3)15-8-19/h6-18H,4-5H2,1-3H3. The highest BCUT2D eigenvalue weighted by molar-refractivity contribution is 9.10. The normalized spacial score (nSPS) is 11.7. The molecule has 36 heavy (non-hydrogen) atoms. The minimum atomic E-state index is 0.539. The Labute approximate surface area is 222 Å². The van der Waals surface area contributed by atoms with Gasteiger partial charge in [-0.25, -0.2) is 9.98 Å². The number of ether oxygens (including phenoxy) is 1. The fraction of sp³-hybridized carbons (Fsp3) is 0.172. The molecule has 0 saturated heterocycles. The Morgan fingerprint density at radius 1 is 0.972 bits per heavy atom. The van der Waals surface area contributed by atoms with E-state index < -0.39 is 0 Å². The highest BCUT2D eigenvalue weighted by atomic mass is 79.9. The van der Waals surface area contributed by atoms with Gasteiger partial charge in [0.1, 0.15) is 16.3 Å². The first-order valence-corrected chi connectivity index (χ1v) is 13.5. The van der Waals surface area contributed by atoms with Crippen molar-refractivity contribution in [3.05, 3.63) is 88.2 Å². The van der Waals surface area contributed by atoms with Crippen molar-refractivity contribution in [2.45, 2.75) is 13.8 Å². The lowest BCUT2D eigenvalue weighted by molar-refractivity contribution is 0.415. The number of hydrogen-bond donors (Lipinski definition) is 0. The molecule has 5 nitrogen and oxygen atoms in total. The van der Waals surface area contributed by atoms with Gasteiger partial charge in [0.25, 0.3) is 0 Å². The summed E-state index contributed by atoms with van der Waals surface area (Å²) in [5.41, 5.74) is 6.09. The van der Waals surface area contributed by atoms with Crippen LogP contribution in [0.2, 0.25) is 0 Å². The molecular formula is C29H26BrN3O2S. The second kappa shape index (κ2) is 10.7. The molecule has 0 aliphatic rings. The number of nitrogens with zero attached hydrogens (tertiary/aromatic N) is 3. The molecule has 2 heterocycles. The molecular weight excluding hydrogens is 534 g/mol. The van der Waals surface area contributed by atoms with Gasteiger partial charge in [-0.3, -0.25) is 0 Å². The molecule has 0 atom stereocenters. The maximum Gasteiger partial charge on any atom is 0.230 e. The molecule has 5 aromatic rings. The van der Waals surface area contributed by atoms with E-state index in [0.29, 0.717) is 5.55 Å². The third-order valence-electron chi connectivity index (χ3n) is 6.04. The van der Waals surface area contributed by atoms with Crippen LogP contribution in [0, 0.1) is 0 Å². The van der Waals surface area contributed by atoms with Crippen molar-refractivity contribution in [3.63, 3.8) is 0 Å². The molecule has 2 aromatic heterocycles. The molecule has 182 valence electrons. The van der Waals surface area contributed by atoms with E-state index in [4.69, 9.17) is 19.1 Å². The van der Waals surface area contributed by atoms with E-state index in [1.54, 1.807) is 18.4 Å². The zero-order chi connectivity index (χ0) is 25.1. The molecule has 3 aromatic carbocycles. The zero-order valence-electron chi connectivity index (χ0n) is 20.4. The number of anilines is 1. The van der Waals surface area contributed by atoms with Gasteiger partial charge < -0.3 is 14.1 Å². The van der Waals surface area contributed by atoms with E-state index in [-0.39, 0.29) is 0 Å². The van der Waals surface area contributed by atoms with Crippen molar-refractivity contribution in [2.75, 3.05) is 25.1 Å². The van der Waals surface area contributed by atoms with Gasteiger partial charge in [-0.05, 0) is 80.6 Å². The predicted octanol–water partition coefficient (Wildman–Crippen LogP) is 8.07. The maximum absolute atomic E-state index is 6.45. The minimum absolute atomic E-state index is 0.539. The van der Waals surface area contributed by atoms with Crippen molar-refractivity contribution in [1.29, 1.82) is 0 Å². The minimum Gasteiger partial charge on any atom is -0.497 e. The largest absolute Gasteiger partial charge is 0.497 e. The predicted molar refractivity (Wildman–Crippen MR) is 152 cm³/mol. The zero-order valence-corrected chi connectivity index (χ0v) is 22.8. The lowest BCUT2D eigenvalue weighted by atomic mass is 10.1. The number of hydrogen-bond acceptors (Lipinski definition) is 6. The van der Waals surface area contributed by atoms with Gasteiger partial charge in [-0.2, -0.15) is 0 Å². The van der Waals surface area contributed by atoms with E-state index in [1.807, 2.05) is 48.5 Å². The number of aromatic nitrogens is 1. The highest BCUT2D eigenvalue weighted by Gasteiger charge is 2.14. The van der Waals surface area contributed by atoms with Crippen molar-refractivity contribution in [2.24, 2.45) is 4.99 Å². The van der Waals surface area contributed by atoms with Crippen LogP contribution in [0.1, 0.15) is 13.8 Å². The molecule has 0 saturated carbocycles. The van der Waals surface area contributed by atoms with Crippen LogP contribution >= 0.6 is 27.3 Å². The average Bonchev–Trinajstić information content (AvgIpc) is 3.40. The molecule has 0 unspecified atom stereocenters. The summed E-state index contributed by atoms with van der Waals surface area (Å²) in [5, 5.41) is 3.93. The second-order valence-corrected chi connectivity index (χ2v) is 9.99. The summed E-state index contributed by atoms with van der Waals surface area (Å²) in [6.45, 7) is 6.18. The van der Waals surface area contributed by atoms with Crippen molar-refractivity contribution < 1.29 is 9.15 Å². The summed E-state index contributed by atoms with van der Waals surface area (Å²) in [7, 11) is 1.67. The number of fused-ring (bicyclic) bond motifs is 1. The molecule has 0 N–H and O–H groups in total. The summed E-state index contributed by atoms with van der Waals surface area (Å²) >= 11 is 5.08. The first kappa shape index (κ1) is 24.3. The summed E-state index contributed by atoms with van der Waals surface area (Å²) < 4.78 is 12.7. The second-order valence-electron chi connectivity index (χ2n) is 8.21. The van der Waals surface area contributed by atoms with Crippen LogP contribution in [-0.4, -0.2) is 25.2 Å². The van der Waals surface area contributed by atoms with Gasteiger partial charge in [-0.1, -0.05) is 15.9 Å². The molecule has 0 spiro atoms. The summed E-state index contributed by atoms with van der Waals surface area (Å²) in [6, 6.07) is 24.3. The van der Waals surface area contributed by atoms with Gasteiger partial charge >= 0.3 is 0 Å². The lowest BCUT2D eigenvalue weighted by Crippen LogP contribution is -2.21. The highest BCUT2D eigenvalue weighted by Crippen LogP contribution is 2.31. The Morgan fingerprint density at radius 2 is 1.72 bits per heavy atom. The average molecular weight is 561 g/mol. The number of rotatable bonds is 7. The Bertz CT molecular complexity index is 1550. The van der Waals surface area contributed by atoms with Gasteiger partial charge in [-0.15, -0.1) is 11.3 Å². The van der Waals surface area contributed by atoms with Gasteiger partial charge in [0.15, 0.2) is 0 Å². The summed E-state index contributed by atoms with van der Waals surface area (Å²) in [4.78, 5) is 12.1. The topological polar surface area (TPSA) is 50.9 Å². The fourth-order valence-corrected chi connectivity index (χ4v) is 5.15. The van der Waals surface area contributed by atoms with Crippen molar-refractivity contribution in [3.8, 4) is 27.6 Å². The van der Waals surface area contributed by atoms with Crippen LogP contribution in [-0.2, 0) is 0 Å². The number of thiazole rings is 1. The Balaban J connectivity index is 1.65. The third kappa shape index (κ3) is 5.08. The van der Waals surface area contributed by atoms with Crippen LogP contribution in [0.15, 0.2) is 92.1 Å². The fourth-order valence-electron chi connectivity index (χ4n) is 4.05. The quantitative estimate of drug-likeness (QED) is 0.202. The van der Waals surface area contributed by atoms with Crippen LogP contribution in [0.3, 0.4) is 0 Å². The molecule has 7 heteroatoms. The molecule has 0 aliphatic carbocycles. The van der Waals surface area contributed by atoms with Crippen LogP contribution < -0.4 is 15.2 Å². The Morgan fingerprint density at radius 3 is 2.42 bits per heavy atom. The van der Waals surface area contributed by atoms with Gasteiger partial charge in [0, 0.05) is 45.6 Å². The van der Waals surface area contributed by atoms with Crippen molar-refractivity contribution >= 4 is 49.6 Å². The van der Waals surface area contributed by atoms with E-state index in [1.165, 1.54) is 0 Å². The van der Waals surface area contributed by atoms with E-state index in [9.17, 15) is 0 Å². The van der Waals surface area contributed by atoms with Gasteiger partial charge in [0.05, 0.1) is 24.1 Å². The van der Waals surface area contributed by atoms with Crippen molar-refractivity contribution in [1.82, 2.24) is 4.98 Å². The third-order valence-corrected chi connectivity index (χ3v) is 7.44. The summed E-state index contributed by atoms with van der Waals surface area (Å²) in [6.07, 6.45) is 0. The number of halogens is 1. The smallest absolute Gasteiger partial charge is 0.230 e. The lowest BCUT2D eigenvalue weighted by Gasteiger charge is -2.21.